The van der Waals surface area contributed by atoms with Crippen LogP contribution in [0.2, 0.25) is 0 Å². The molecule has 0 unspecified atom stereocenters. The molecule has 0 aliphatic carbocycles. The third-order valence-electron chi connectivity index (χ3n) is 2.28. The summed E-state index contributed by atoms with van der Waals surface area (Å²) in [6.45, 7) is 5.81. The molecule has 0 atom stereocenters. The third-order valence-corrected chi connectivity index (χ3v) is 3.09. The molecule has 0 spiro atoms. The Bertz CT molecular complexity index is 538. The van der Waals surface area contributed by atoms with Gasteiger partial charge in [0.25, 0.3) is 0 Å². The van der Waals surface area contributed by atoms with Gasteiger partial charge in [-0.15, -0.1) is 0 Å². The van der Waals surface area contributed by atoms with Crippen molar-refractivity contribution in [3.63, 3.8) is 0 Å². The molecule has 0 aliphatic heterocycles. The van der Waals surface area contributed by atoms with Gasteiger partial charge in [-0.25, -0.2) is 19.9 Å². The van der Waals surface area contributed by atoms with E-state index in [2.05, 4.69) is 25.3 Å². The van der Waals surface area contributed by atoms with Gasteiger partial charge in [-0.05, 0) is 31.7 Å². The predicted molar refractivity (Wildman–Crippen MR) is 77.7 cm³/mol. The lowest BCUT2D eigenvalue weighted by atomic mass is 10.5. The fourth-order valence-corrected chi connectivity index (χ4v) is 2.22. The van der Waals surface area contributed by atoms with Crippen LogP contribution in [0.25, 0.3) is 0 Å². The van der Waals surface area contributed by atoms with Crippen molar-refractivity contribution in [3.8, 4) is 0 Å². The van der Waals surface area contributed by atoms with E-state index in [4.69, 9.17) is 4.74 Å². The summed E-state index contributed by atoms with van der Waals surface area (Å²) in [7, 11) is 0. The van der Waals surface area contributed by atoms with Gasteiger partial charge >= 0.3 is 0 Å². The van der Waals surface area contributed by atoms with Crippen LogP contribution in [0.4, 0.5) is 5.82 Å². The van der Waals surface area contributed by atoms with Crippen molar-refractivity contribution in [3.05, 3.63) is 30.4 Å². The molecule has 0 bridgehead atoms. The fraction of sp³-hybridized carbons (Fsp3) is 0.385. The first-order valence-electron chi connectivity index (χ1n) is 6.46. The van der Waals surface area contributed by atoms with Crippen LogP contribution in [0.5, 0.6) is 0 Å². The van der Waals surface area contributed by atoms with Crippen LogP contribution < -0.4 is 5.32 Å². The van der Waals surface area contributed by atoms with Crippen LogP contribution in [0, 0.1) is 0 Å². The zero-order valence-corrected chi connectivity index (χ0v) is 12.4. The highest BCUT2D eigenvalue weighted by atomic mass is 32.2. The molecule has 0 amide bonds. The van der Waals surface area contributed by atoms with E-state index in [0.717, 1.165) is 17.4 Å². The fourth-order valence-electron chi connectivity index (χ4n) is 1.49. The summed E-state index contributed by atoms with van der Waals surface area (Å²) < 4.78 is 5.36. The molecule has 0 radical (unpaired) electrons. The summed E-state index contributed by atoms with van der Waals surface area (Å²) in [4.78, 5) is 17.2. The minimum absolute atomic E-state index is 0.402. The van der Waals surface area contributed by atoms with Crippen LogP contribution in [-0.4, -0.2) is 33.1 Å². The lowest BCUT2D eigenvalue weighted by Crippen LogP contribution is -2.06. The Morgan fingerprint density at radius 3 is 2.70 bits per heavy atom. The van der Waals surface area contributed by atoms with E-state index < -0.39 is 0 Å². The highest BCUT2D eigenvalue weighted by molar-refractivity contribution is 7.99. The second-order valence-electron chi connectivity index (χ2n) is 3.81. The predicted octanol–water partition coefficient (Wildman–Crippen LogP) is 2.39. The SMILES string of the molecule is CCNc1cc(Sc2ncccn2)nc(COCC)n1. The molecule has 0 aliphatic rings. The molecule has 2 heterocycles. The molecule has 2 aromatic heterocycles. The summed E-state index contributed by atoms with van der Waals surface area (Å²) in [6, 6.07) is 3.68. The van der Waals surface area contributed by atoms with Crippen LogP contribution in [-0.2, 0) is 11.3 Å². The molecule has 0 aromatic carbocycles. The molecule has 20 heavy (non-hydrogen) atoms. The van der Waals surface area contributed by atoms with Crippen molar-refractivity contribution in [2.75, 3.05) is 18.5 Å². The Hall–Kier alpha value is -1.73. The van der Waals surface area contributed by atoms with E-state index in [1.165, 1.54) is 11.8 Å². The first-order valence-corrected chi connectivity index (χ1v) is 7.28. The van der Waals surface area contributed by atoms with Crippen LogP contribution in [0.15, 0.2) is 34.7 Å². The summed E-state index contributed by atoms with van der Waals surface area (Å²) >= 11 is 1.41. The van der Waals surface area contributed by atoms with Crippen molar-refractivity contribution in [1.82, 2.24) is 19.9 Å². The van der Waals surface area contributed by atoms with E-state index in [9.17, 15) is 0 Å². The Labute approximate surface area is 122 Å². The van der Waals surface area contributed by atoms with E-state index in [1.807, 2.05) is 19.9 Å². The highest BCUT2D eigenvalue weighted by Crippen LogP contribution is 2.24. The number of ether oxygens (including phenoxy) is 1. The molecule has 106 valence electrons. The van der Waals surface area contributed by atoms with Gasteiger partial charge in [0.1, 0.15) is 17.5 Å². The molecule has 2 rings (SSSR count). The largest absolute Gasteiger partial charge is 0.374 e. The van der Waals surface area contributed by atoms with Gasteiger partial charge < -0.3 is 10.1 Å². The number of hydrogen-bond donors (Lipinski definition) is 1. The van der Waals surface area contributed by atoms with Crippen molar-refractivity contribution in [2.45, 2.75) is 30.6 Å². The third kappa shape index (κ3) is 4.43. The van der Waals surface area contributed by atoms with E-state index in [1.54, 1.807) is 18.5 Å². The Morgan fingerprint density at radius 1 is 1.20 bits per heavy atom. The highest BCUT2D eigenvalue weighted by Gasteiger charge is 2.07. The second-order valence-corrected chi connectivity index (χ2v) is 4.80. The van der Waals surface area contributed by atoms with Gasteiger partial charge in [-0.2, -0.15) is 0 Å². The number of rotatable bonds is 7. The number of hydrogen-bond acceptors (Lipinski definition) is 7. The first-order chi connectivity index (χ1) is 9.81. The lowest BCUT2D eigenvalue weighted by molar-refractivity contribution is 0.128. The molecule has 0 saturated carbocycles. The van der Waals surface area contributed by atoms with Crippen molar-refractivity contribution >= 4 is 17.6 Å². The molecule has 6 nitrogen and oxygen atoms in total. The smallest absolute Gasteiger partial charge is 0.193 e. The average molecular weight is 291 g/mol. The molecular weight excluding hydrogens is 274 g/mol. The molecule has 7 heteroatoms. The Kier molecular flexibility index (Phi) is 5.69. The van der Waals surface area contributed by atoms with Crippen molar-refractivity contribution < 1.29 is 4.74 Å². The number of anilines is 1. The zero-order chi connectivity index (χ0) is 14.2. The van der Waals surface area contributed by atoms with Crippen molar-refractivity contribution in [1.29, 1.82) is 0 Å². The standard InChI is InChI=1S/C13H17N5OS/c1-3-14-10-8-12(18-11(17-10)9-19-4-2)20-13-15-6-5-7-16-13/h5-8H,3-4,9H2,1-2H3,(H,14,17,18). The normalized spacial score (nSPS) is 10.5. The van der Waals surface area contributed by atoms with Gasteiger partial charge in [-0.1, -0.05) is 0 Å². The zero-order valence-electron chi connectivity index (χ0n) is 11.5. The van der Waals surface area contributed by atoms with Gasteiger partial charge in [0, 0.05) is 31.6 Å². The average Bonchev–Trinajstić information content (AvgIpc) is 2.46. The van der Waals surface area contributed by atoms with E-state index in [0.29, 0.717) is 24.2 Å². The topological polar surface area (TPSA) is 72.8 Å². The summed E-state index contributed by atoms with van der Waals surface area (Å²) in [6.07, 6.45) is 3.42. The van der Waals surface area contributed by atoms with Gasteiger partial charge in [0.05, 0.1) is 0 Å². The van der Waals surface area contributed by atoms with Gasteiger partial charge in [0.2, 0.25) is 0 Å². The molecule has 0 saturated heterocycles. The molecule has 2 aromatic rings. The Morgan fingerprint density at radius 2 is 2.00 bits per heavy atom. The first kappa shape index (κ1) is 14.7. The molecular formula is C13H17N5OS. The van der Waals surface area contributed by atoms with Crippen LogP contribution >= 0.6 is 11.8 Å². The molecule has 0 fully saturated rings. The summed E-state index contributed by atoms with van der Waals surface area (Å²) in [5, 5.41) is 4.66. The van der Waals surface area contributed by atoms with Crippen molar-refractivity contribution in [2.24, 2.45) is 0 Å². The van der Waals surface area contributed by atoms with Crippen LogP contribution in [0.3, 0.4) is 0 Å². The lowest BCUT2D eigenvalue weighted by Gasteiger charge is -2.08. The summed E-state index contributed by atoms with van der Waals surface area (Å²) in [5.74, 6) is 1.44. The van der Waals surface area contributed by atoms with Gasteiger partial charge in [0.15, 0.2) is 11.0 Å². The quantitative estimate of drug-likeness (QED) is 0.620. The number of nitrogens with one attached hydrogen (secondary N) is 1. The van der Waals surface area contributed by atoms with E-state index >= 15 is 0 Å². The van der Waals surface area contributed by atoms with Gasteiger partial charge in [-0.3, -0.25) is 0 Å². The monoisotopic (exact) mass is 291 g/mol. The second kappa shape index (κ2) is 7.76. The Balaban J connectivity index is 2.19. The number of aromatic nitrogens is 4. The van der Waals surface area contributed by atoms with Crippen LogP contribution in [0.1, 0.15) is 19.7 Å². The summed E-state index contributed by atoms with van der Waals surface area (Å²) in [5.41, 5.74) is 0. The number of nitrogens with zero attached hydrogens (tertiary/aromatic N) is 4. The molecule has 1 N–H and O–H groups in total. The maximum atomic E-state index is 5.36. The minimum atomic E-state index is 0.402. The van der Waals surface area contributed by atoms with E-state index in [-0.39, 0.29) is 0 Å². The maximum absolute atomic E-state index is 5.36. The maximum Gasteiger partial charge on any atom is 0.193 e. The minimum Gasteiger partial charge on any atom is -0.374 e.